The summed E-state index contributed by atoms with van der Waals surface area (Å²) in [6, 6.07) is 11.5. The van der Waals surface area contributed by atoms with Crippen LogP contribution in [0.1, 0.15) is 35.6 Å². The van der Waals surface area contributed by atoms with Crippen molar-refractivity contribution in [3.63, 3.8) is 0 Å². The van der Waals surface area contributed by atoms with E-state index in [1.54, 1.807) is 11.0 Å². The fourth-order valence-corrected chi connectivity index (χ4v) is 6.10. The van der Waals surface area contributed by atoms with Crippen LogP contribution in [0, 0.1) is 19.7 Å². The molecule has 0 atom stereocenters. The highest BCUT2D eigenvalue weighted by Crippen LogP contribution is 2.38. The lowest BCUT2D eigenvalue weighted by atomic mass is 10.0. The van der Waals surface area contributed by atoms with Gasteiger partial charge < -0.3 is 20.1 Å². The first-order valence-corrected chi connectivity index (χ1v) is 13.5. The Kier molecular flexibility index (Phi) is 6.46. The highest BCUT2D eigenvalue weighted by Gasteiger charge is 2.31. The Morgan fingerprint density at radius 1 is 0.974 bits per heavy atom. The molecule has 6 rings (SSSR count). The highest BCUT2D eigenvalue weighted by atomic mass is 19.1. The van der Waals surface area contributed by atoms with E-state index < -0.39 is 5.82 Å². The quantitative estimate of drug-likeness (QED) is 0.388. The molecule has 2 aromatic carbocycles. The van der Waals surface area contributed by atoms with Crippen molar-refractivity contribution >= 4 is 28.6 Å². The normalized spacial score (nSPS) is 17.1. The second-order valence-electron chi connectivity index (χ2n) is 11.0. The average Bonchev–Trinajstić information content (AvgIpc) is 3.45. The summed E-state index contributed by atoms with van der Waals surface area (Å²) >= 11 is 0. The first-order valence-electron chi connectivity index (χ1n) is 13.5. The largest absolute Gasteiger partial charge is 0.383 e. The van der Waals surface area contributed by atoms with Crippen molar-refractivity contribution in [1.29, 1.82) is 0 Å². The molecule has 2 fully saturated rings. The van der Waals surface area contributed by atoms with Crippen LogP contribution in [0.5, 0.6) is 0 Å². The first kappa shape index (κ1) is 25.3. The lowest BCUT2D eigenvalue weighted by Crippen LogP contribution is -2.31. The number of halogens is 1. The van der Waals surface area contributed by atoms with Gasteiger partial charge in [-0.25, -0.2) is 19.2 Å². The van der Waals surface area contributed by atoms with Gasteiger partial charge >= 0.3 is 6.03 Å². The SMILES string of the molecule is Cc1cc(C)cc(CN2CCN(c3ccc(-c4cn(C5CCN(C)CC5)c5ncnc(N)c45)c(F)c3)C2=O)c1. The summed E-state index contributed by atoms with van der Waals surface area (Å²) < 4.78 is 17.9. The molecule has 8 nitrogen and oxygen atoms in total. The molecule has 0 aliphatic carbocycles. The van der Waals surface area contributed by atoms with Crippen LogP contribution in [0.4, 0.5) is 20.7 Å². The molecule has 0 unspecified atom stereocenters. The van der Waals surface area contributed by atoms with Gasteiger partial charge in [0, 0.05) is 48.7 Å². The maximum Gasteiger partial charge on any atom is 0.324 e. The van der Waals surface area contributed by atoms with Crippen LogP contribution < -0.4 is 10.6 Å². The van der Waals surface area contributed by atoms with Crippen LogP contribution in [0.15, 0.2) is 48.9 Å². The van der Waals surface area contributed by atoms with Gasteiger partial charge in [-0.1, -0.05) is 29.3 Å². The fourth-order valence-electron chi connectivity index (χ4n) is 6.10. The number of aromatic nitrogens is 3. The number of fused-ring (bicyclic) bond motifs is 1. The molecule has 2 aromatic heterocycles. The summed E-state index contributed by atoms with van der Waals surface area (Å²) in [5, 5.41) is 0.667. The van der Waals surface area contributed by atoms with Gasteiger partial charge in [0.1, 0.15) is 23.6 Å². The molecule has 2 amide bonds. The van der Waals surface area contributed by atoms with Crippen molar-refractivity contribution in [2.75, 3.05) is 43.9 Å². The Morgan fingerprint density at radius 3 is 2.44 bits per heavy atom. The van der Waals surface area contributed by atoms with Crippen LogP contribution in [0.3, 0.4) is 0 Å². The van der Waals surface area contributed by atoms with Gasteiger partial charge in [-0.3, -0.25) is 4.90 Å². The molecular weight excluding hydrogens is 493 g/mol. The highest BCUT2D eigenvalue weighted by molar-refractivity contribution is 6.01. The molecule has 0 spiro atoms. The molecule has 2 N–H and O–H groups in total. The minimum atomic E-state index is -0.404. The van der Waals surface area contributed by atoms with Crippen LogP contribution in [-0.4, -0.2) is 63.6 Å². The molecule has 39 heavy (non-hydrogen) atoms. The third-order valence-electron chi connectivity index (χ3n) is 8.02. The summed E-state index contributed by atoms with van der Waals surface area (Å²) in [5.41, 5.74) is 12.1. The fraction of sp³-hybridized carbons (Fsp3) is 0.367. The van der Waals surface area contributed by atoms with Crippen molar-refractivity contribution in [2.45, 2.75) is 39.3 Å². The van der Waals surface area contributed by atoms with Crippen LogP contribution in [-0.2, 0) is 6.54 Å². The number of nitrogens with two attached hydrogens (primary N) is 1. The van der Waals surface area contributed by atoms with Crippen LogP contribution in [0.2, 0.25) is 0 Å². The number of amides is 2. The molecule has 9 heteroatoms. The lowest BCUT2D eigenvalue weighted by molar-refractivity contribution is 0.218. The molecular formula is C30H34FN7O. The van der Waals surface area contributed by atoms with E-state index in [-0.39, 0.29) is 12.1 Å². The number of benzene rings is 2. The first-order chi connectivity index (χ1) is 18.8. The number of carbonyl (C=O) groups excluding carboxylic acids is 1. The molecule has 0 radical (unpaired) electrons. The zero-order valence-electron chi connectivity index (χ0n) is 22.7. The second kappa shape index (κ2) is 9.96. The maximum absolute atomic E-state index is 15.8. The number of urea groups is 1. The number of likely N-dealkylation sites (tertiary alicyclic amines) is 1. The Bertz CT molecular complexity index is 1540. The van der Waals surface area contributed by atoms with E-state index in [1.807, 2.05) is 17.2 Å². The van der Waals surface area contributed by atoms with Crippen molar-refractivity contribution in [2.24, 2.45) is 0 Å². The van der Waals surface area contributed by atoms with Crippen molar-refractivity contribution < 1.29 is 9.18 Å². The Labute approximate surface area is 227 Å². The van der Waals surface area contributed by atoms with Gasteiger partial charge in [0.15, 0.2) is 0 Å². The third kappa shape index (κ3) is 4.71. The summed E-state index contributed by atoms with van der Waals surface area (Å²) in [6.45, 7) is 7.74. The van der Waals surface area contributed by atoms with E-state index in [9.17, 15) is 4.79 Å². The van der Waals surface area contributed by atoms with Gasteiger partial charge in [-0.05, 0) is 70.6 Å². The second-order valence-corrected chi connectivity index (χ2v) is 11.0. The van der Waals surface area contributed by atoms with Gasteiger partial charge in [0.25, 0.3) is 0 Å². The number of nitrogen functional groups attached to an aromatic ring is 1. The molecule has 2 aliphatic heterocycles. The molecule has 2 aliphatic rings. The number of hydrogen-bond acceptors (Lipinski definition) is 5. The summed E-state index contributed by atoms with van der Waals surface area (Å²) in [7, 11) is 2.13. The molecule has 202 valence electrons. The van der Waals surface area contributed by atoms with Crippen LogP contribution in [0.25, 0.3) is 22.2 Å². The number of piperidine rings is 1. The number of carbonyl (C=O) groups is 1. The smallest absolute Gasteiger partial charge is 0.324 e. The van der Waals surface area contributed by atoms with E-state index >= 15 is 4.39 Å². The minimum Gasteiger partial charge on any atom is -0.383 e. The predicted molar refractivity (Wildman–Crippen MR) is 152 cm³/mol. The van der Waals surface area contributed by atoms with E-state index in [1.165, 1.54) is 23.5 Å². The predicted octanol–water partition coefficient (Wildman–Crippen LogP) is 5.15. The van der Waals surface area contributed by atoms with Crippen LogP contribution >= 0.6 is 0 Å². The maximum atomic E-state index is 15.8. The number of rotatable bonds is 5. The Morgan fingerprint density at radius 2 is 1.72 bits per heavy atom. The summed E-state index contributed by atoms with van der Waals surface area (Å²) in [4.78, 5) is 27.8. The summed E-state index contributed by atoms with van der Waals surface area (Å²) in [6.07, 6.45) is 5.41. The Hall–Kier alpha value is -3.98. The van der Waals surface area contributed by atoms with E-state index in [0.29, 0.717) is 47.7 Å². The topological polar surface area (TPSA) is 83.5 Å². The zero-order chi connectivity index (χ0) is 27.3. The Balaban J connectivity index is 1.29. The minimum absolute atomic E-state index is 0.113. The zero-order valence-corrected chi connectivity index (χ0v) is 22.7. The number of hydrogen-bond donors (Lipinski definition) is 1. The summed E-state index contributed by atoms with van der Waals surface area (Å²) in [5.74, 6) is -0.0689. The van der Waals surface area contributed by atoms with E-state index in [4.69, 9.17) is 5.73 Å². The van der Waals surface area contributed by atoms with Crippen molar-refractivity contribution in [1.82, 2.24) is 24.3 Å². The molecule has 4 aromatic rings. The lowest BCUT2D eigenvalue weighted by Gasteiger charge is -2.30. The number of aryl methyl sites for hydroxylation is 2. The molecule has 0 bridgehead atoms. The van der Waals surface area contributed by atoms with Gasteiger partial charge in [-0.2, -0.15) is 0 Å². The molecule has 4 heterocycles. The van der Waals surface area contributed by atoms with E-state index in [2.05, 4.69) is 58.5 Å². The third-order valence-corrected chi connectivity index (χ3v) is 8.02. The monoisotopic (exact) mass is 527 g/mol. The number of anilines is 2. The molecule has 0 saturated carbocycles. The standard InChI is InChI=1S/C30H34FN7O/c1-19-12-20(2)14-21(13-19)16-36-10-11-37(30(36)39)23-4-5-24(26(31)15-23)25-17-38(22-6-8-35(3)9-7-22)29-27(25)28(32)33-18-34-29/h4-5,12-15,17-18,22H,6-11,16H2,1-3H3,(H2,32,33,34). The number of nitrogens with zero attached hydrogens (tertiary/aromatic N) is 6. The average molecular weight is 528 g/mol. The van der Waals surface area contributed by atoms with Gasteiger partial charge in [-0.15, -0.1) is 0 Å². The van der Waals surface area contributed by atoms with Crippen molar-refractivity contribution in [3.05, 3.63) is 71.4 Å². The van der Waals surface area contributed by atoms with E-state index in [0.717, 1.165) is 37.1 Å². The van der Waals surface area contributed by atoms with Crippen molar-refractivity contribution in [3.8, 4) is 11.1 Å². The molecule has 2 saturated heterocycles. The van der Waals surface area contributed by atoms with Gasteiger partial charge in [0.2, 0.25) is 0 Å². The van der Waals surface area contributed by atoms with Gasteiger partial charge in [0.05, 0.1) is 5.39 Å².